The lowest BCUT2D eigenvalue weighted by atomic mass is 9.88. The van der Waals surface area contributed by atoms with Crippen molar-refractivity contribution in [1.29, 1.82) is 0 Å². The van der Waals surface area contributed by atoms with Crippen LogP contribution in [-0.2, 0) is 5.54 Å². The van der Waals surface area contributed by atoms with Gasteiger partial charge >= 0.3 is 0 Å². The Morgan fingerprint density at radius 3 is 2.31 bits per heavy atom. The van der Waals surface area contributed by atoms with Gasteiger partial charge in [0, 0.05) is 5.54 Å². The first-order valence-corrected chi connectivity index (χ1v) is 6.03. The van der Waals surface area contributed by atoms with Crippen LogP contribution < -0.4 is 10.5 Å². The van der Waals surface area contributed by atoms with Gasteiger partial charge < -0.3 is 10.5 Å². The Labute approximate surface area is 98.8 Å². The predicted octanol–water partition coefficient (Wildman–Crippen LogP) is 3.45. The van der Waals surface area contributed by atoms with E-state index in [1.807, 2.05) is 12.1 Å². The lowest BCUT2D eigenvalue weighted by Gasteiger charge is -2.25. The maximum atomic E-state index is 6.33. The van der Waals surface area contributed by atoms with E-state index < -0.39 is 0 Å². The summed E-state index contributed by atoms with van der Waals surface area (Å²) in [6, 6.07) is 8.07. The van der Waals surface area contributed by atoms with Crippen molar-refractivity contribution in [1.82, 2.24) is 0 Å². The van der Waals surface area contributed by atoms with Gasteiger partial charge in [0.15, 0.2) is 0 Å². The van der Waals surface area contributed by atoms with Crippen LogP contribution in [0.5, 0.6) is 5.75 Å². The average Bonchev–Trinajstić information content (AvgIpc) is 2.29. The van der Waals surface area contributed by atoms with Crippen molar-refractivity contribution < 1.29 is 4.74 Å². The second-order valence-electron chi connectivity index (χ2n) is 4.60. The molecule has 0 fully saturated rings. The summed E-state index contributed by atoms with van der Waals surface area (Å²) in [5.41, 5.74) is 7.29. The van der Waals surface area contributed by atoms with Crippen LogP contribution in [0.25, 0.3) is 0 Å². The summed E-state index contributed by atoms with van der Waals surface area (Å²) < 4.78 is 5.14. The Morgan fingerprint density at radius 1 is 1.19 bits per heavy atom. The van der Waals surface area contributed by atoms with E-state index in [1.54, 1.807) is 7.11 Å². The molecule has 90 valence electrons. The lowest BCUT2D eigenvalue weighted by molar-refractivity contribution is 0.410. The van der Waals surface area contributed by atoms with Gasteiger partial charge in [0.05, 0.1) is 7.11 Å². The van der Waals surface area contributed by atoms with Crippen molar-refractivity contribution in [2.75, 3.05) is 7.11 Å². The Bertz CT molecular complexity index is 303. The van der Waals surface area contributed by atoms with Gasteiger partial charge in [0.1, 0.15) is 5.75 Å². The molecule has 0 aliphatic rings. The third-order valence-electron chi connectivity index (χ3n) is 3.05. The van der Waals surface area contributed by atoms with Gasteiger partial charge in [-0.25, -0.2) is 0 Å². The van der Waals surface area contributed by atoms with Crippen LogP contribution in [-0.4, -0.2) is 7.11 Å². The van der Waals surface area contributed by atoms with E-state index in [4.69, 9.17) is 10.5 Å². The molecule has 1 aromatic carbocycles. The minimum atomic E-state index is -0.221. The van der Waals surface area contributed by atoms with E-state index in [9.17, 15) is 0 Å². The van der Waals surface area contributed by atoms with Crippen LogP contribution in [0.1, 0.15) is 45.1 Å². The van der Waals surface area contributed by atoms with Crippen molar-refractivity contribution in [3.63, 3.8) is 0 Å². The van der Waals surface area contributed by atoms with Gasteiger partial charge in [-0.1, -0.05) is 38.3 Å². The highest BCUT2D eigenvalue weighted by atomic mass is 16.5. The van der Waals surface area contributed by atoms with Gasteiger partial charge in [0.2, 0.25) is 0 Å². The molecule has 0 saturated heterocycles. The first-order valence-electron chi connectivity index (χ1n) is 6.03. The van der Waals surface area contributed by atoms with Crippen LogP contribution in [0.3, 0.4) is 0 Å². The Morgan fingerprint density at radius 2 is 1.81 bits per heavy atom. The topological polar surface area (TPSA) is 35.2 Å². The molecular formula is C14H23NO. The summed E-state index contributed by atoms with van der Waals surface area (Å²) in [5, 5.41) is 0. The summed E-state index contributed by atoms with van der Waals surface area (Å²) in [6.45, 7) is 4.31. The molecule has 1 unspecified atom stereocenters. The molecule has 0 bridgehead atoms. The van der Waals surface area contributed by atoms with Crippen molar-refractivity contribution in [2.24, 2.45) is 5.73 Å². The number of rotatable bonds is 6. The van der Waals surface area contributed by atoms with Crippen molar-refractivity contribution >= 4 is 0 Å². The van der Waals surface area contributed by atoms with Gasteiger partial charge in [-0.2, -0.15) is 0 Å². The molecule has 1 atom stereocenters. The van der Waals surface area contributed by atoms with E-state index in [2.05, 4.69) is 26.0 Å². The molecule has 0 saturated carbocycles. The quantitative estimate of drug-likeness (QED) is 0.747. The summed E-state index contributed by atoms with van der Waals surface area (Å²) in [4.78, 5) is 0. The number of benzene rings is 1. The SMILES string of the molecule is CCCCCC(C)(N)c1ccc(OC)cc1. The van der Waals surface area contributed by atoms with E-state index in [0.717, 1.165) is 12.2 Å². The third-order valence-corrected chi connectivity index (χ3v) is 3.05. The normalized spacial score (nSPS) is 14.5. The van der Waals surface area contributed by atoms with E-state index in [0.29, 0.717) is 0 Å². The Balaban J connectivity index is 2.65. The molecule has 16 heavy (non-hydrogen) atoms. The summed E-state index contributed by atoms with van der Waals surface area (Å²) in [7, 11) is 1.68. The molecule has 2 N–H and O–H groups in total. The maximum absolute atomic E-state index is 6.33. The van der Waals surface area contributed by atoms with Crippen molar-refractivity contribution in [3.05, 3.63) is 29.8 Å². The molecule has 2 heteroatoms. The van der Waals surface area contributed by atoms with Crippen LogP contribution in [0.4, 0.5) is 0 Å². The number of nitrogens with two attached hydrogens (primary N) is 1. The number of unbranched alkanes of at least 4 members (excludes halogenated alkanes) is 2. The van der Waals surface area contributed by atoms with E-state index in [1.165, 1.54) is 24.8 Å². The van der Waals surface area contributed by atoms with Gasteiger partial charge in [-0.05, 0) is 31.0 Å². The molecule has 0 heterocycles. The number of methoxy groups -OCH3 is 1. The van der Waals surface area contributed by atoms with Crippen LogP contribution in [0.15, 0.2) is 24.3 Å². The second-order valence-corrected chi connectivity index (χ2v) is 4.60. The summed E-state index contributed by atoms with van der Waals surface area (Å²) in [6.07, 6.45) is 4.71. The monoisotopic (exact) mass is 221 g/mol. The van der Waals surface area contributed by atoms with Crippen LogP contribution >= 0.6 is 0 Å². The molecule has 2 nitrogen and oxygen atoms in total. The molecule has 0 aliphatic heterocycles. The largest absolute Gasteiger partial charge is 0.497 e. The number of ether oxygens (including phenoxy) is 1. The number of hydrogen-bond acceptors (Lipinski definition) is 2. The first-order chi connectivity index (χ1) is 7.60. The fourth-order valence-corrected chi connectivity index (χ4v) is 1.86. The fourth-order valence-electron chi connectivity index (χ4n) is 1.86. The van der Waals surface area contributed by atoms with Gasteiger partial charge in [0.25, 0.3) is 0 Å². The van der Waals surface area contributed by atoms with Crippen LogP contribution in [0, 0.1) is 0 Å². The molecule has 1 aromatic rings. The lowest BCUT2D eigenvalue weighted by Crippen LogP contribution is -2.32. The standard InChI is InChI=1S/C14H23NO/c1-4-5-6-11-14(2,15)12-7-9-13(16-3)10-8-12/h7-10H,4-6,11,15H2,1-3H3. The minimum Gasteiger partial charge on any atom is -0.497 e. The molecular weight excluding hydrogens is 198 g/mol. The first kappa shape index (κ1) is 13.0. The fraction of sp³-hybridized carbons (Fsp3) is 0.571. The smallest absolute Gasteiger partial charge is 0.118 e. The van der Waals surface area contributed by atoms with Gasteiger partial charge in [-0.15, -0.1) is 0 Å². The summed E-state index contributed by atoms with van der Waals surface area (Å²) >= 11 is 0. The molecule has 0 radical (unpaired) electrons. The zero-order valence-corrected chi connectivity index (χ0v) is 10.6. The highest BCUT2D eigenvalue weighted by Gasteiger charge is 2.20. The average molecular weight is 221 g/mol. The minimum absolute atomic E-state index is 0.221. The van der Waals surface area contributed by atoms with Crippen molar-refractivity contribution in [2.45, 2.75) is 45.1 Å². The molecule has 0 spiro atoms. The second kappa shape index (κ2) is 5.90. The molecule has 0 aromatic heterocycles. The zero-order chi connectivity index (χ0) is 12.0. The highest BCUT2D eigenvalue weighted by molar-refractivity contribution is 5.31. The summed E-state index contributed by atoms with van der Waals surface area (Å²) in [5.74, 6) is 0.883. The van der Waals surface area contributed by atoms with Crippen molar-refractivity contribution in [3.8, 4) is 5.75 Å². The van der Waals surface area contributed by atoms with E-state index in [-0.39, 0.29) is 5.54 Å². The highest BCUT2D eigenvalue weighted by Crippen LogP contribution is 2.25. The molecule has 0 aliphatic carbocycles. The third kappa shape index (κ3) is 3.53. The van der Waals surface area contributed by atoms with Crippen LogP contribution in [0.2, 0.25) is 0 Å². The maximum Gasteiger partial charge on any atom is 0.118 e. The predicted molar refractivity (Wildman–Crippen MR) is 68.7 cm³/mol. The Hall–Kier alpha value is -1.02. The van der Waals surface area contributed by atoms with Gasteiger partial charge in [-0.3, -0.25) is 0 Å². The molecule has 0 amide bonds. The van der Waals surface area contributed by atoms with E-state index >= 15 is 0 Å². The number of hydrogen-bond donors (Lipinski definition) is 1. The Kier molecular flexibility index (Phi) is 4.81. The molecule has 1 rings (SSSR count). The zero-order valence-electron chi connectivity index (χ0n) is 10.6.